The lowest BCUT2D eigenvalue weighted by Gasteiger charge is -2.24. The molecular formula is C18H16O5. The van der Waals surface area contributed by atoms with Crippen LogP contribution < -0.4 is 14.2 Å². The van der Waals surface area contributed by atoms with Crippen LogP contribution in [0, 0.1) is 0 Å². The van der Waals surface area contributed by atoms with Crippen LogP contribution in [0.25, 0.3) is 0 Å². The van der Waals surface area contributed by atoms with E-state index in [4.69, 9.17) is 14.2 Å². The van der Waals surface area contributed by atoms with Crippen LogP contribution in [0.2, 0.25) is 0 Å². The molecule has 0 amide bonds. The first-order chi connectivity index (χ1) is 11.2. The molecule has 2 aromatic rings. The average Bonchev–Trinajstić information content (AvgIpc) is 2.61. The van der Waals surface area contributed by atoms with E-state index in [1.54, 1.807) is 49.4 Å². The maximum atomic E-state index is 12.2. The highest BCUT2D eigenvalue weighted by Crippen LogP contribution is 2.31. The van der Waals surface area contributed by atoms with Gasteiger partial charge in [0.1, 0.15) is 12.4 Å². The fourth-order valence-electron chi connectivity index (χ4n) is 2.23. The standard InChI is InChI=1S/C18H16O5/c1-2-14(19)12-7-9-13(10-8-12)22-18(20)17-11-21-15-5-3-4-6-16(15)23-17/h3-10,17H,2,11H2,1H3/t17-/m0/s1. The third kappa shape index (κ3) is 3.34. The number of Topliss-reactive ketones (excluding diaryl/α,β-unsaturated/α-hetero) is 1. The van der Waals surface area contributed by atoms with Gasteiger partial charge in [0, 0.05) is 12.0 Å². The van der Waals surface area contributed by atoms with E-state index in [9.17, 15) is 9.59 Å². The van der Waals surface area contributed by atoms with Gasteiger partial charge in [0.15, 0.2) is 17.3 Å². The number of para-hydroxylation sites is 2. The fraction of sp³-hybridized carbons (Fsp3) is 0.222. The number of rotatable bonds is 4. The number of benzene rings is 2. The van der Waals surface area contributed by atoms with Gasteiger partial charge in [-0.3, -0.25) is 4.79 Å². The molecule has 3 rings (SSSR count). The summed E-state index contributed by atoms with van der Waals surface area (Å²) in [4.78, 5) is 23.7. The van der Waals surface area contributed by atoms with Gasteiger partial charge in [-0.05, 0) is 36.4 Å². The summed E-state index contributed by atoms with van der Waals surface area (Å²) in [5.74, 6) is 1.01. The zero-order chi connectivity index (χ0) is 16.2. The van der Waals surface area contributed by atoms with Gasteiger partial charge in [0.2, 0.25) is 6.10 Å². The second-order valence-corrected chi connectivity index (χ2v) is 5.09. The molecule has 0 spiro atoms. The highest BCUT2D eigenvalue weighted by molar-refractivity contribution is 5.96. The van der Waals surface area contributed by atoms with Gasteiger partial charge in [-0.1, -0.05) is 19.1 Å². The predicted octanol–water partition coefficient (Wildman–Crippen LogP) is 3.02. The van der Waals surface area contributed by atoms with Crippen LogP contribution in [0.1, 0.15) is 23.7 Å². The minimum Gasteiger partial charge on any atom is -0.485 e. The van der Waals surface area contributed by atoms with Crippen molar-refractivity contribution in [2.45, 2.75) is 19.4 Å². The Bertz CT molecular complexity index is 720. The molecule has 0 radical (unpaired) electrons. The molecule has 1 aliphatic heterocycles. The van der Waals surface area contributed by atoms with Crippen LogP contribution >= 0.6 is 0 Å². The smallest absolute Gasteiger partial charge is 0.356 e. The molecule has 23 heavy (non-hydrogen) atoms. The van der Waals surface area contributed by atoms with E-state index in [-0.39, 0.29) is 12.4 Å². The number of hydrogen-bond acceptors (Lipinski definition) is 5. The Kier molecular flexibility index (Phi) is 4.28. The van der Waals surface area contributed by atoms with Crippen LogP contribution in [-0.2, 0) is 4.79 Å². The predicted molar refractivity (Wildman–Crippen MR) is 83.1 cm³/mol. The maximum absolute atomic E-state index is 12.2. The highest BCUT2D eigenvalue weighted by atomic mass is 16.6. The van der Waals surface area contributed by atoms with Crippen molar-refractivity contribution in [2.24, 2.45) is 0 Å². The molecule has 2 aromatic carbocycles. The van der Waals surface area contributed by atoms with Crippen molar-refractivity contribution in [1.29, 1.82) is 0 Å². The largest absolute Gasteiger partial charge is 0.485 e. The van der Waals surface area contributed by atoms with E-state index in [0.29, 0.717) is 29.2 Å². The van der Waals surface area contributed by atoms with E-state index in [0.717, 1.165) is 0 Å². The average molecular weight is 312 g/mol. The Labute approximate surface area is 133 Å². The first-order valence-electron chi connectivity index (χ1n) is 7.41. The summed E-state index contributed by atoms with van der Waals surface area (Å²) in [6, 6.07) is 13.6. The quantitative estimate of drug-likeness (QED) is 0.493. The number of carbonyl (C=O) groups excluding carboxylic acids is 2. The Hall–Kier alpha value is -2.82. The number of ketones is 1. The summed E-state index contributed by atoms with van der Waals surface area (Å²) >= 11 is 0. The van der Waals surface area contributed by atoms with Crippen molar-refractivity contribution in [3.05, 3.63) is 54.1 Å². The molecule has 0 saturated heterocycles. The Morgan fingerprint density at radius 1 is 1.09 bits per heavy atom. The number of ether oxygens (including phenoxy) is 3. The summed E-state index contributed by atoms with van der Waals surface area (Å²) < 4.78 is 16.4. The third-order valence-electron chi connectivity index (χ3n) is 3.49. The summed E-state index contributed by atoms with van der Waals surface area (Å²) in [5.41, 5.74) is 0.596. The Morgan fingerprint density at radius 3 is 2.48 bits per heavy atom. The monoisotopic (exact) mass is 312 g/mol. The van der Waals surface area contributed by atoms with Crippen LogP contribution in [0.3, 0.4) is 0 Å². The first-order valence-corrected chi connectivity index (χ1v) is 7.41. The van der Waals surface area contributed by atoms with E-state index in [2.05, 4.69) is 0 Å². The lowest BCUT2D eigenvalue weighted by molar-refractivity contribution is -0.144. The molecule has 1 atom stereocenters. The van der Waals surface area contributed by atoms with Gasteiger partial charge in [-0.2, -0.15) is 0 Å². The molecule has 5 heteroatoms. The van der Waals surface area contributed by atoms with Gasteiger partial charge in [-0.15, -0.1) is 0 Å². The fourth-order valence-corrected chi connectivity index (χ4v) is 2.23. The summed E-state index contributed by atoms with van der Waals surface area (Å²) in [6.07, 6.45) is -0.381. The SMILES string of the molecule is CCC(=O)c1ccc(OC(=O)[C@@H]2COc3ccccc3O2)cc1. The normalized spacial score (nSPS) is 15.8. The molecule has 0 N–H and O–H groups in total. The zero-order valence-corrected chi connectivity index (χ0v) is 12.7. The summed E-state index contributed by atoms with van der Waals surface area (Å²) in [5, 5.41) is 0. The number of esters is 1. The van der Waals surface area contributed by atoms with Gasteiger partial charge in [-0.25, -0.2) is 4.79 Å². The van der Waals surface area contributed by atoms with E-state index in [1.165, 1.54) is 0 Å². The van der Waals surface area contributed by atoms with Crippen molar-refractivity contribution in [3.8, 4) is 17.2 Å². The lowest BCUT2D eigenvalue weighted by Crippen LogP contribution is -2.39. The number of carbonyl (C=O) groups is 2. The zero-order valence-electron chi connectivity index (χ0n) is 12.7. The number of fused-ring (bicyclic) bond motifs is 1. The Morgan fingerprint density at radius 2 is 1.78 bits per heavy atom. The molecule has 5 nitrogen and oxygen atoms in total. The van der Waals surface area contributed by atoms with Crippen LogP contribution in [0.15, 0.2) is 48.5 Å². The molecule has 0 bridgehead atoms. The lowest BCUT2D eigenvalue weighted by atomic mass is 10.1. The Balaban J connectivity index is 1.65. The third-order valence-corrected chi connectivity index (χ3v) is 3.49. The van der Waals surface area contributed by atoms with Crippen molar-refractivity contribution in [3.63, 3.8) is 0 Å². The van der Waals surface area contributed by atoms with Gasteiger partial charge < -0.3 is 14.2 Å². The molecule has 1 aliphatic rings. The second-order valence-electron chi connectivity index (χ2n) is 5.09. The minimum atomic E-state index is -0.818. The molecule has 0 fully saturated rings. The van der Waals surface area contributed by atoms with Crippen molar-refractivity contribution < 1.29 is 23.8 Å². The molecular weight excluding hydrogens is 296 g/mol. The van der Waals surface area contributed by atoms with Crippen LogP contribution in [-0.4, -0.2) is 24.5 Å². The topological polar surface area (TPSA) is 61.8 Å². The van der Waals surface area contributed by atoms with Gasteiger partial charge in [0.25, 0.3) is 0 Å². The maximum Gasteiger partial charge on any atom is 0.356 e. The minimum absolute atomic E-state index is 0.0449. The van der Waals surface area contributed by atoms with Crippen LogP contribution in [0.4, 0.5) is 0 Å². The molecule has 0 unspecified atom stereocenters. The second kappa shape index (κ2) is 6.52. The van der Waals surface area contributed by atoms with Gasteiger partial charge in [0.05, 0.1) is 0 Å². The van der Waals surface area contributed by atoms with E-state index < -0.39 is 12.1 Å². The molecule has 0 aromatic heterocycles. The molecule has 0 aliphatic carbocycles. The van der Waals surface area contributed by atoms with Crippen molar-refractivity contribution in [1.82, 2.24) is 0 Å². The molecule has 0 saturated carbocycles. The molecule has 118 valence electrons. The van der Waals surface area contributed by atoms with Crippen molar-refractivity contribution in [2.75, 3.05) is 6.61 Å². The van der Waals surface area contributed by atoms with E-state index >= 15 is 0 Å². The van der Waals surface area contributed by atoms with E-state index in [1.807, 2.05) is 6.07 Å². The van der Waals surface area contributed by atoms with Crippen molar-refractivity contribution >= 4 is 11.8 Å². The van der Waals surface area contributed by atoms with Crippen LogP contribution in [0.5, 0.6) is 17.2 Å². The number of hydrogen-bond donors (Lipinski definition) is 0. The highest BCUT2D eigenvalue weighted by Gasteiger charge is 2.29. The summed E-state index contributed by atoms with van der Waals surface area (Å²) in [6.45, 7) is 1.90. The first kappa shape index (κ1) is 15.1. The molecule has 1 heterocycles. The van der Waals surface area contributed by atoms with Gasteiger partial charge >= 0.3 is 5.97 Å². The summed E-state index contributed by atoms with van der Waals surface area (Å²) in [7, 11) is 0.